The van der Waals surface area contributed by atoms with Crippen molar-refractivity contribution in [3.8, 4) is 23.0 Å². The van der Waals surface area contributed by atoms with Crippen LogP contribution in [0.5, 0.6) is 23.0 Å². The highest BCUT2D eigenvalue weighted by molar-refractivity contribution is 6.27. The van der Waals surface area contributed by atoms with Crippen molar-refractivity contribution in [2.45, 2.75) is 45.7 Å². The molecule has 1 amide bonds. The smallest absolute Gasteiger partial charge is 0.414 e. The fourth-order valence-corrected chi connectivity index (χ4v) is 3.93. The normalized spacial score (nSPS) is 14.9. The number of amides is 1. The van der Waals surface area contributed by atoms with Crippen molar-refractivity contribution >= 4 is 23.5 Å². The summed E-state index contributed by atoms with van der Waals surface area (Å²) in [5, 5.41) is 19.9. The molecule has 4 N–H and O–H groups in total. The van der Waals surface area contributed by atoms with Crippen LogP contribution in [0.3, 0.4) is 0 Å². The number of hydrogen-bond donors (Lipinski definition) is 4. The summed E-state index contributed by atoms with van der Waals surface area (Å²) in [4.78, 5) is 31.4. The summed E-state index contributed by atoms with van der Waals surface area (Å²) in [6.07, 6.45) is 2.84. The minimum Gasteiger partial charge on any atom is -0.493 e. The van der Waals surface area contributed by atoms with Gasteiger partial charge in [0.1, 0.15) is 6.04 Å². The van der Waals surface area contributed by atoms with E-state index in [0.29, 0.717) is 47.8 Å². The molecule has 0 saturated carbocycles. The number of methoxy groups -OCH3 is 3. The van der Waals surface area contributed by atoms with E-state index in [9.17, 15) is 4.79 Å². The second-order valence-corrected chi connectivity index (χ2v) is 9.40. The van der Waals surface area contributed by atoms with Crippen LogP contribution in [0, 0.1) is 5.92 Å². The van der Waals surface area contributed by atoms with Gasteiger partial charge in [0.05, 0.1) is 27.9 Å². The Bertz CT molecular complexity index is 1130. The molecular weight excluding hydrogens is 522 g/mol. The molecule has 1 aliphatic rings. The minimum absolute atomic E-state index is 0.0421. The van der Waals surface area contributed by atoms with Crippen LogP contribution in [0.1, 0.15) is 38.7 Å². The second-order valence-electron chi connectivity index (χ2n) is 9.40. The molecule has 12 nitrogen and oxygen atoms in total. The highest BCUT2D eigenvalue weighted by Gasteiger charge is 2.29. The average molecular weight is 562 g/mol. The lowest BCUT2D eigenvalue weighted by Gasteiger charge is -2.35. The molecule has 1 heterocycles. The zero-order chi connectivity index (χ0) is 29.7. The molecule has 0 aromatic heterocycles. The molecule has 40 heavy (non-hydrogen) atoms. The molecule has 12 heteroatoms. The van der Waals surface area contributed by atoms with Gasteiger partial charge in [-0.2, -0.15) is 0 Å². The molecule has 2 aromatic rings. The van der Waals surface area contributed by atoms with E-state index in [1.54, 1.807) is 21.3 Å². The number of rotatable bonds is 11. The van der Waals surface area contributed by atoms with Crippen molar-refractivity contribution in [2.75, 3.05) is 39.8 Å². The molecule has 1 unspecified atom stereocenters. The van der Waals surface area contributed by atoms with Gasteiger partial charge in [0.2, 0.25) is 5.91 Å². The SMILES string of the molecule is COc1ccc(CNN2CCCCC2C(=O)Nc2ccc(OC)c(OCC(C)C)c2)cc1OC.O=C(O)C(=O)O. The van der Waals surface area contributed by atoms with Crippen LogP contribution in [0.2, 0.25) is 0 Å². The molecule has 1 saturated heterocycles. The predicted molar refractivity (Wildman–Crippen MR) is 148 cm³/mol. The molecule has 0 aliphatic carbocycles. The van der Waals surface area contributed by atoms with Gasteiger partial charge in [-0.25, -0.2) is 14.6 Å². The van der Waals surface area contributed by atoms with Gasteiger partial charge in [0, 0.05) is 24.8 Å². The van der Waals surface area contributed by atoms with E-state index in [0.717, 1.165) is 31.4 Å². The molecule has 220 valence electrons. The van der Waals surface area contributed by atoms with Gasteiger partial charge in [-0.15, -0.1) is 0 Å². The Morgan fingerprint density at radius 3 is 2.12 bits per heavy atom. The monoisotopic (exact) mass is 561 g/mol. The van der Waals surface area contributed by atoms with Gasteiger partial charge in [-0.3, -0.25) is 10.2 Å². The number of nitrogens with one attached hydrogen (secondary N) is 2. The summed E-state index contributed by atoms with van der Waals surface area (Å²) in [7, 11) is 4.85. The lowest BCUT2D eigenvalue weighted by Crippen LogP contribution is -2.53. The number of nitrogens with zero attached hydrogens (tertiary/aromatic N) is 1. The van der Waals surface area contributed by atoms with Crippen molar-refractivity contribution in [2.24, 2.45) is 5.92 Å². The first-order chi connectivity index (χ1) is 19.1. The molecule has 1 aliphatic heterocycles. The van der Waals surface area contributed by atoms with Crippen LogP contribution >= 0.6 is 0 Å². The Hall–Kier alpha value is -4.03. The third-order valence-electron chi connectivity index (χ3n) is 5.93. The van der Waals surface area contributed by atoms with Gasteiger partial charge in [-0.05, 0) is 55.0 Å². The topological polar surface area (TPSA) is 156 Å². The number of aliphatic carboxylic acids is 2. The Morgan fingerprint density at radius 1 is 0.900 bits per heavy atom. The number of hydrogen-bond acceptors (Lipinski definition) is 9. The number of piperidine rings is 1. The summed E-state index contributed by atoms with van der Waals surface area (Å²) >= 11 is 0. The van der Waals surface area contributed by atoms with Crippen molar-refractivity contribution < 1.29 is 43.5 Å². The number of carbonyl (C=O) groups is 3. The quantitative estimate of drug-likeness (QED) is 0.298. The second kappa shape index (κ2) is 16.2. The standard InChI is InChI=1S/C26H37N3O5.C2H2O4/c1-18(2)17-34-25-15-20(10-12-23(25)32-4)28-26(30)21-8-6-7-13-29(21)27-16-19-9-11-22(31-3)24(14-19)33-5;3-1(4)2(5)6/h9-12,14-15,18,21,27H,6-8,13,16-17H2,1-5H3,(H,28,30);(H,3,4)(H,5,6). The average Bonchev–Trinajstić information content (AvgIpc) is 2.95. The maximum atomic E-state index is 13.2. The van der Waals surface area contributed by atoms with Crippen LogP contribution in [0.25, 0.3) is 0 Å². The fourth-order valence-electron chi connectivity index (χ4n) is 3.93. The van der Waals surface area contributed by atoms with Crippen molar-refractivity contribution in [1.29, 1.82) is 0 Å². The molecule has 3 rings (SSSR count). The maximum Gasteiger partial charge on any atom is 0.414 e. The van der Waals surface area contributed by atoms with Crippen molar-refractivity contribution in [3.63, 3.8) is 0 Å². The van der Waals surface area contributed by atoms with Gasteiger partial charge in [0.25, 0.3) is 0 Å². The Labute approximate surface area is 234 Å². The summed E-state index contributed by atoms with van der Waals surface area (Å²) in [5.41, 5.74) is 5.17. The van der Waals surface area contributed by atoms with Crippen LogP contribution in [-0.4, -0.2) is 73.6 Å². The number of carboxylic acid groups (broad SMARTS) is 2. The van der Waals surface area contributed by atoms with Crippen molar-refractivity contribution in [3.05, 3.63) is 42.0 Å². The summed E-state index contributed by atoms with van der Waals surface area (Å²) in [5.74, 6) is -0.655. The van der Waals surface area contributed by atoms with Crippen LogP contribution < -0.4 is 29.7 Å². The van der Waals surface area contributed by atoms with E-state index in [1.807, 2.05) is 41.4 Å². The number of hydrazine groups is 1. The lowest BCUT2D eigenvalue weighted by atomic mass is 10.0. The fraction of sp³-hybridized carbons (Fsp3) is 0.464. The van der Waals surface area contributed by atoms with E-state index < -0.39 is 11.9 Å². The van der Waals surface area contributed by atoms with Crippen LogP contribution in [-0.2, 0) is 20.9 Å². The molecule has 0 bridgehead atoms. The maximum absolute atomic E-state index is 13.2. The summed E-state index contributed by atoms with van der Waals surface area (Å²) < 4.78 is 22.0. The first-order valence-electron chi connectivity index (χ1n) is 12.9. The highest BCUT2D eigenvalue weighted by Crippen LogP contribution is 2.31. The molecule has 1 fully saturated rings. The molecular formula is C28H39N3O9. The number of carboxylic acids is 2. The molecule has 1 atom stereocenters. The number of carbonyl (C=O) groups excluding carboxylic acids is 1. The van der Waals surface area contributed by atoms with Crippen LogP contribution in [0.4, 0.5) is 5.69 Å². The van der Waals surface area contributed by atoms with E-state index in [-0.39, 0.29) is 11.9 Å². The summed E-state index contributed by atoms with van der Waals surface area (Å²) in [6.45, 7) is 6.14. The number of ether oxygens (including phenoxy) is 4. The van der Waals surface area contributed by atoms with Gasteiger partial charge in [-0.1, -0.05) is 19.9 Å². The van der Waals surface area contributed by atoms with E-state index in [2.05, 4.69) is 24.6 Å². The number of benzene rings is 2. The Kier molecular flexibility index (Phi) is 13.0. The third-order valence-corrected chi connectivity index (χ3v) is 5.93. The van der Waals surface area contributed by atoms with Gasteiger partial charge in [0.15, 0.2) is 23.0 Å². The first kappa shape index (κ1) is 32.2. The van der Waals surface area contributed by atoms with Crippen LogP contribution in [0.15, 0.2) is 36.4 Å². The minimum atomic E-state index is -1.82. The van der Waals surface area contributed by atoms with E-state index >= 15 is 0 Å². The number of anilines is 1. The third kappa shape index (κ3) is 9.93. The molecule has 0 radical (unpaired) electrons. The largest absolute Gasteiger partial charge is 0.493 e. The first-order valence-corrected chi connectivity index (χ1v) is 12.9. The molecule has 0 spiro atoms. The van der Waals surface area contributed by atoms with E-state index in [4.69, 9.17) is 38.7 Å². The lowest BCUT2D eigenvalue weighted by molar-refractivity contribution is -0.159. The Balaban J connectivity index is 0.000000840. The van der Waals surface area contributed by atoms with E-state index in [1.165, 1.54) is 0 Å². The molecule has 2 aromatic carbocycles. The summed E-state index contributed by atoms with van der Waals surface area (Å²) in [6, 6.07) is 11.0. The zero-order valence-electron chi connectivity index (χ0n) is 23.6. The zero-order valence-corrected chi connectivity index (χ0v) is 23.6. The predicted octanol–water partition coefficient (Wildman–Crippen LogP) is 3.40. The highest BCUT2D eigenvalue weighted by atomic mass is 16.5. The van der Waals surface area contributed by atoms with Crippen molar-refractivity contribution in [1.82, 2.24) is 10.4 Å². The Morgan fingerprint density at radius 2 is 1.52 bits per heavy atom. The van der Waals surface area contributed by atoms with Gasteiger partial charge < -0.3 is 34.5 Å². The van der Waals surface area contributed by atoms with Gasteiger partial charge >= 0.3 is 11.9 Å².